The highest BCUT2D eigenvalue weighted by atomic mass is 32.2. The molecule has 2 aliphatic rings. The van der Waals surface area contributed by atoms with Gasteiger partial charge < -0.3 is 5.32 Å². The molecule has 2 aliphatic carbocycles. The molecular formula is C16H31NS. The second-order valence-corrected chi connectivity index (χ2v) is 8.59. The summed E-state index contributed by atoms with van der Waals surface area (Å²) in [6.45, 7) is 7.22. The van der Waals surface area contributed by atoms with Gasteiger partial charge in [-0.15, -0.1) is 0 Å². The van der Waals surface area contributed by atoms with Crippen molar-refractivity contribution in [2.45, 2.75) is 83.1 Å². The van der Waals surface area contributed by atoms with Crippen LogP contribution in [0.5, 0.6) is 0 Å². The van der Waals surface area contributed by atoms with E-state index in [9.17, 15) is 0 Å². The van der Waals surface area contributed by atoms with Crippen LogP contribution in [-0.2, 0) is 0 Å². The summed E-state index contributed by atoms with van der Waals surface area (Å²) in [5, 5.41) is 4.87. The van der Waals surface area contributed by atoms with Crippen LogP contribution >= 0.6 is 11.8 Å². The summed E-state index contributed by atoms with van der Waals surface area (Å²) in [4.78, 5) is 0. The quantitative estimate of drug-likeness (QED) is 0.811. The van der Waals surface area contributed by atoms with Crippen molar-refractivity contribution in [1.29, 1.82) is 0 Å². The summed E-state index contributed by atoms with van der Waals surface area (Å²) >= 11 is 2.06. The Morgan fingerprint density at radius 2 is 1.50 bits per heavy atom. The predicted molar refractivity (Wildman–Crippen MR) is 83.3 cm³/mol. The van der Waals surface area contributed by atoms with Gasteiger partial charge in [0.1, 0.15) is 0 Å². The van der Waals surface area contributed by atoms with Crippen molar-refractivity contribution in [3.63, 3.8) is 0 Å². The smallest absolute Gasteiger partial charge is 0.00805 e. The molecule has 2 atom stereocenters. The Kier molecular flexibility index (Phi) is 5.05. The third-order valence-corrected chi connectivity index (χ3v) is 6.24. The largest absolute Gasteiger partial charge is 0.311 e. The van der Waals surface area contributed by atoms with Gasteiger partial charge in [-0.2, -0.15) is 11.8 Å². The van der Waals surface area contributed by atoms with Crippen molar-refractivity contribution in [3.05, 3.63) is 0 Å². The molecule has 2 unspecified atom stereocenters. The highest BCUT2D eigenvalue weighted by Gasteiger charge is 2.31. The number of nitrogens with one attached hydrogen (secondary N) is 1. The molecule has 0 aromatic heterocycles. The van der Waals surface area contributed by atoms with Crippen LogP contribution < -0.4 is 5.32 Å². The average molecular weight is 269 g/mol. The third-order valence-electron chi connectivity index (χ3n) is 5.14. The van der Waals surface area contributed by atoms with Gasteiger partial charge in [0.05, 0.1) is 0 Å². The van der Waals surface area contributed by atoms with Gasteiger partial charge in [0.15, 0.2) is 0 Å². The first-order valence-electron chi connectivity index (χ1n) is 7.78. The lowest BCUT2D eigenvalue weighted by Crippen LogP contribution is -2.41. The normalized spacial score (nSPS) is 38.0. The van der Waals surface area contributed by atoms with Crippen LogP contribution in [0.25, 0.3) is 0 Å². The molecule has 0 saturated heterocycles. The Balaban J connectivity index is 1.71. The zero-order valence-corrected chi connectivity index (χ0v) is 13.5. The summed E-state index contributed by atoms with van der Waals surface area (Å²) in [5.74, 6) is 0.943. The predicted octanol–water partition coefficient (Wildman–Crippen LogP) is 4.47. The van der Waals surface area contributed by atoms with Crippen LogP contribution in [0.3, 0.4) is 0 Å². The lowest BCUT2D eigenvalue weighted by atomic mass is 9.71. The molecule has 0 amide bonds. The third kappa shape index (κ3) is 3.90. The molecule has 2 rings (SSSR count). The van der Waals surface area contributed by atoms with E-state index in [1.54, 1.807) is 0 Å². The van der Waals surface area contributed by atoms with Crippen molar-refractivity contribution in [1.82, 2.24) is 5.32 Å². The molecule has 1 nitrogen and oxygen atoms in total. The van der Waals surface area contributed by atoms with E-state index in [2.05, 4.69) is 44.1 Å². The number of rotatable bonds is 3. The highest BCUT2D eigenvalue weighted by molar-refractivity contribution is 7.99. The Hall–Kier alpha value is 0.310. The molecule has 0 bridgehead atoms. The molecule has 2 fully saturated rings. The number of hydrogen-bond acceptors (Lipinski definition) is 2. The Morgan fingerprint density at radius 3 is 2.00 bits per heavy atom. The first kappa shape index (κ1) is 14.7. The highest BCUT2D eigenvalue weighted by Crippen LogP contribution is 2.38. The zero-order chi connectivity index (χ0) is 13.2. The fourth-order valence-electron chi connectivity index (χ4n) is 3.77. The molecular weight excluding hydrogens is 238 g/mol. The van der Waals surface area contributed by atoms with Gasteiger partial charge in [-0.05, 0) is 62.5 Å². The lowest BCUT2D eigenvalue weighted by Gasteiger charge is -2.38. The van der Waals surface area contributed by atoms with E-state index in [-0.39, 0.29) is 0 Å². The van der Waals surface area contributed by atoms with E-state index in [4.69, 9.17) is 0 Å². The molecule has 2 heteroatoms. The van der Waals surface area contributed by atoms with Crippen LogP contribution in [0.1, 0.15) is 65.7 Å². The Labute approximate surface area is 118 Å². The van der Waals surface area contributed by atoms with E-state index < -0.39 is 0 Å². The van der Waals surface area contributed by atoms with Gasteiger partial charge in [0, 0.05) is 17.3 Å². The fourth-order valence-corrected chi connectivity index (χ4v) is 4.56. The van der Waals surface area contributed by atoms with Crippen LogP contribution in [0.2, 0.25) is 0 Å². The zero-order valence-electron chi connectivity index (χ0n) is 12.7. The van der Waals surface area contributed by atoms with Crippen molar-refractivity contribution in [2.75, 3.05) is 6.26 Å². The summed E-state index contributed by atoms with van der Waals surface area (Å²) in [7, 11) is 0. The second-order valence-electron chi connectivity index (χ2n) is 7.45. The number of thioether (sulfide) groups is 1. The summed E-state index contributed by atoms with van der Waals surface area (Å²) in [6.07, 6.45) is 12.2. The molecule has 0 heterocycles. The first-order chi connectivity index (χ1) is 8.49. The van der Waals surface area contributed by atoms with Gasteiger partial charge in [0.2, 0.25) is 0 Å². The van der Waals surface area contributed by atoms with E-state index in [0.717, 1.165) is 23.3 Å². The van der Waals surface area contributed by atoms with E-state index >= 15 is 0 Å². The van der Waals surface area contributed by atoms with Crippen molar-refractivity contribution in [2.24, 2.45) is 11.3 Å². The summed E-state index contributed by atoms with van der Waals surface area (Å²) in [5.41, 5.74) is 0.516. The topological polar surface area (TPSA) is 12.0 Å². The summed E-state index contributed by atoms with van der Waals surface area (Å²) < 4.78 is 0. The van der Waals surface area contributed by atoms with E-state index in [0.29, 0.717) is 5.41 Å². The van der Waals surface area contributed by atoms with E-state index in [1.165, 1.54) is 44.9 Å². The Bertz CT molecular complexity index is 250. The van der Waals surface area contributed by atoms with Gasteiger partial charge >= 0.3 is 0 Å². The molecule has 1 N–H and O–H groups in total. The molecule has 106 valence electrons. The maximum absolute atomic E-state index is 3.94. The minimum atomic E-state index is 0.516. The molecule has 0 aliphatic heterocycles. The van der Waals surface area contributed by atoms with Crippen LogP contribution in [-0.4, -0.2) is 23.6 Å². The molecule has 0 aromatic rings. The molecule has 18 heavy (non-hydrogen) atoms. The molecule has 0 spiro atoms. The maximum Gasteiger partial charge on any atom is 0.00805 e. The standard InChI is InChI=1S/C16H31NS/c1-16(2,3)12-5-7-13(8-6-12)17-14-9-10-15(11-14)18-4/h12-15,17H,5-11H2,1-4H3. The van der Waals surface area contributed by atoms with Crippen LogP contribution in [0.15, 0.2) is 0 Å². The summed E-state index contributed by atoms with van der Waals surface area (Å²) in [6, 6.07) is 1.63. The van der Waals surface area contributed by atoms with Gasteiger partial charge in [-0.25, -0.2) is 0 Å². The van der Waals surface area contributed by atoms with Gasteiger partial charge in [-0.3, -0.25) is 0 Å². The Morgan fingerprint density at radius 1 is 0.889 bits per heavy atom. The van der Waals surface area contributed by atoms with Gasteiger partial charge in [0.25, 0.3) is 0 Å². The minimum Gasteiger partial charge on any atom is -0.311 e. The first-order valence-corrected chi connectivity index (χ1v) is 9.06. The molecule has 0 aromatic carbocycles. The molecule has 0 radical (unpaired) electrons. The van der Waals surface area contributed by atoms with E-state index in [1.807, 2.05) is 0 Å². The SMILES string of the molecule is CSC1CCC(NC2CCC(C(C)(C)C)CC2)C1. The van der Waals surface area contributed by atoms with Gasteiger partial charge in [-0.1, -0.05) is 20.8 Å². The fraction of sp³-hybridized carbons (Fsp3) is 1.00. The van der Waals surface area contributed by atoms with Crippen LogP contribution in [0.4, 0.5) is 0 Å². The monoisotopic (exact) mass is 269 g/mol. The van der Waals surface area contributed by atoms with Crippen molar-refractivity contribution >= 4 is 11.8 Å². The lowest BCUT2D eigenvalue weighted by molar-refractivity contribution is 0.156. The number of hydrogen-bond donors (Lipinski definition) is 1. The minimum absolute atomic E-state index is 0.516. The maximum atomic E-state index is 3.94. The van der Waals surface area contributed by atoms with Crippen molar-refractivity contribution in [3.8, 4) is 0 Å². The second kappa shape index (κ2) is 6.17. The van der Waals surface area contributed by atoms with Crippen LogP contribution in [0, 0.1) is 11.3 Å². The van der Waals surface area contributed by atoms with Crippen molar-refractivity contribution < 1.29 is 0 Å². The average Bonchev–Trinajstić information content (AvgIpc) is 2.76. The molecule has 2 saturated carbocycles.